The summed E-state index contributed by atoms with van der Waals surface area (Å²) in [6, 6.07) is 2.35. The average molecular weight is 216 g/mol. The molecule has 1 rings (SSSR count). The van der Waals surface area contributed by atoms with Gasteiger partial charge >= 0.3 is 0 Å². The van der Waals surface area contributed by atoms with Crippen molar-refractivity contribution < 1.29 is 17.6 Å². The second-order valence-electron chi connectivity index (χ2n) is 3.00. The molecule has 78 valence electrons. The Morgan fingerprint density at radius 3 is 2.00 bits per heavy atom. The Morgan fingerprint density at radius 2 is 1.60 bits per heavy atom. The zero-order chi connectivity index (χ0) is 11.8. The van der Waals surface area contributed by atoms with Crippen LogP contribution in [0.15, 0.2) is 23.1 Å². The molecular formula is C9H4F4N2. The first-order valence-electron chi connectivity index (χ1n) is 3.81. The number of nitriles is 2. The van der Waals surface area contributed by atoms with Gasteiger partial charge in [0.1, 0.15) is 0 Å². The highest BCUT2D eigenvalue weighted by atomic mass is 19.2. The van der Waals surface area contributed by atoms with E-state index in [1.807, 2.05) is 0 Å². The largest absolute Gasteiger partial charge is 0.236 e. The summed E-state index contributed by atoms with van der Waals surface area (Å²) < 4.78 is 51.8. The topological polar surface area (TPSA) is 47.6 Å². The maximum absolute atomic E-state index is 13.3. The van der Waals surface area contributed by atoms with E-state index in [1.54, 1.807) is 0 Å². The van der Waals surface area contributed by atoms with Gasteiger partial charge in [0.05, 0.1) is 12.1 Å². The molecule has 0 heterocycles. The molecule has 1 aliphatic carbocycles. The molecule has 0 amide bonds. The smallest absolute Gasteiger partial charge is 0.205 e. The monoisotopic (exact) mass is 216 g/mol. The van der Waals surface area contributed by atoms with Crippen LogP contribution in [0.25, 0.3) is 0 Å². The van der Waals surface area contributed by atoms with E-state index in [0.29, 0.717) is 0 Å². The Labute approximate surface area is 82.7 Å². The summed E-state index contributed by atoms with van der Waals surface area (Å²) in [6.07, 6.45) is -2.80. The first kappa shape index (κ1) is 11.3. The van der Waals surface area contributed by atoms with Crippen molar-refractivity contribution in [2.24, 2.45) is 5.41 Å². The second-order valence-corrected chi connectivity index (χ2v) is 3.00. The lowest BCUT2D eigenvalue weighted by atomic mass is 9.75. The molecule has 0 bridgehead atoms. The molecule has 0 N–H and O–H groups in total. The van der Waals surface area contributed by atoms with Gasteiger partial charge in [0, 0.05) is 5.57 Å². The molecule has 0 aromatic carbocycles. The van der Waals surface area contributed by atoms with E-state index in [4.69, 9.17) is 10.5 Å². The molecule has 2 nitrogen and oxygen atoms in total. The summed E-state index contributed by atoms with van der Waals surface area (Å²) in [5.41, 5.74) is -3.37. The third-order valence-corrected chi connectivity index (χ3v) is 2.28. The summed E-state index contributed by atoms with van der Waals surface area (Å²) >= 11 is 0. The molecule has 1 aliphatic rings. The summed E-state index contributed by atoms with van der Waals surface area (Å²) in [7, 11) is 0. The number of hydrogen-bond donors (Lipinski definition) is 0. The number of allylic oxidation sites excluding steroid dienone is 4. The van der Waals surface area contributed by atoms with Crippen LogP contribution in [-0.4, -0.2) is 6.17 Å². The van der Waals surface area contributed by atoms with Crippen LogP contribution in [0.4, 0.5) is 17.6 Å². The summed E-state index contributed by atoms with van der Waals surface area (Å²) in [5, 5.41) is 17.2. The average Bonchev–Trinajstić information content (AvgIpc) is 2.26. The van der Waals surface area contributed by atoms with Crippen LogP contribution in [0, 0.1) is 28.1 Å². The highest BCUT2D eigenvalue weighted by Gasteiger charge is 2.51. The van der Waals surface area contributed by atoms with Crippen LogP contribution in [0.5, 0.6) is 0 Å². The minimum absolute atomic E-state index is 0.751. The molecule has 0 saturated carbocycles. The first-order chi connectivity index (χ1) is 6.92. The third kappa shape index (κ3) is 1.22. The molecule has 0 aromatic heterocycles. The molecule has 0 fully saturated rings. The van der Waals surface area contributed by atoms with Crippen molar-refractivity contribution in [1.82, 2.24) is 0 Å². The van der Waals surface area contributed by atoms with Crippen LogP contribution < -0.4 is 0 Å². The van der Waals surface area contributed by atoms with Crippen molar-refractivity contribution in [1.29, 1.82) is 10.5 Å². The fraction of sp³-hybridized carbons (Fsp3) is 0.333. The number of hydrogen-bond acceptors (Lipinski definition) is 2. The Balaban J connectivity index is 3.55. The van der Waals surface area contributed by atoms with Gasteiger partial charge in [-0.15, -0.1) is 0 Å². The van der Waals surface area contributed by atoms with Gasteiger partial charge in [0.25, 0.3) is 0 Å². The maximum atomic E-state index is 13.3. The van der Waals surface area contributed by atoms with Gasteiger partial charge < -0.3 is 0 Å². The highest BCUT2D eigenvalue weighted by molar-refractivity contribution is 5.48. The molecule has 1 atom stereocenters. The normalized spacial score (nSPS) is 24.9. The summed E-state index contributed by atoms with van der Waals surface area (Å²) in [4.78, 5) is 0. The van der Waals surface area contributed by atoms with Crippen LogP contribution in [0.2, 0.25) is 0 Å². The Bertz CT molecular complexity index is 436. The van der Waals surface area contributed by atoms with Crippen LogP contribution in [0.3, 0.4) is 0 Å². The SMILES string of the molecule is CC1=C(F)C(F)=C(F)C(F)C1(C#N)C#N. The summed E-state index contributed by atoms with van der Waals surface area (Å²) in [5.74, 6) is -5.73. The fourth-order valence-corrected chi connectivity index (χ4v) is 1.24. The molecule has 0 radical (unpaired) electrons. The van der Waals surface area contributed by atoms with E-state index >= 15 is 0 Å². The third-order valence-electron chi connectivity index (χ3n) is 2.28. The molecule has 0 spiro atoms. The lowest BCUT2D eigenvalue weighted by molar-refractivity contribution is 0.220. The van der Waals surface area contributed by atoms with Gasteiger partial charge in [-0.1, -0.05) is 0 Å². The number of rotatable bonds is 0. The van der Waals surface area contributed by atoms with Gasteiger partial charge in [-0.25, -0.2) is 17.6 Å². The zero-order valence-electron chi connectivity index (χ0n) is 7.48. The number of nitrogens with zero attached hydrogens (tertiary/aromatic N) is 2. The molecule has 1 unspecified atom stereocenters. The van der Waals surface area contributed by atoms with Crippen molar-refractivity contribution in [3.05, 3.63) is 23.1 Å². The second kappa shape index (κ2) is 3.39. The van der Waals surface area contributed by atoms with Crippen molar-refractivity contribution in [3.8, 4) is 12.1 Å². The minimum atomic E-state index is -2.80. The summed E-state index contributed by atoms with van der Waals surface area (Å²) in [6.45, 7) is 0.875. The molecule has 6 heteroatoms. The molecule has 0 aromatic rings. The minimum Gasteiger partial charge on any atom is -0.236 e. The quantitative estimate of drug-likeness (QED) is 0.584. The Hall–Kier alpha value is -1.82. The molecule has 15 heavy (non-hydrogen) atoms. The van der Waals surface area contributed by atoms with Crippen molar-refractivity contribution >= 4 is 0 Å². The zero-order valence-corrected chi connectivity index (χ0v) is 7.48. The molecule has 0 saturated heterocycles. The Kier molecular flexibility index (Phi) is 2.55. The highest BCUT2D eigenvalue weighted by Crippen LogP contribution is 2.45. The van der Waals surface area contributed by atoms with E-state index in [2.05, 4.69) is 0 Å². The van der Waals surface area contributed by atoms with Gasteiger partial charge in [-0.2, -0.15) is 10.5 Å². The number of alkyl halides is 1. The lowest BCUT2D eigenvalue weighted by Gasteiger charge is -2.26. The van der Waals surface area contributed by atoms with Crippen LogP contribution >= 0.6 is 0 Å². The van der Waals surface area contributed by atoms with E-state index in [-0.39, 0.29) is 0 Å². The predicted octanol–water partition coefficient (Wildman–Crippen LogP) is 2.77. The fourth-order valence-electron chi connectivity index (χ4n) is 1.24. The van der Waals surface area contributed by atoms with Crippen LogP contribution in [-0.2, 0) is 0 Å². The molecular weight excluding hydrogens is 212 g/mol. The van der Waals surface area contributed by atoms with E-state index in [0.717, 1.165) is 6.92 Å². The van der Waals surface area contributed by atoms with Gasteiger partial charge in [0.15, 0.2) is 23.7 Å². The van der Waals surface area contributed by atoms with Gasteiger partial charge in [-0.05, 0) is 6.92 Å². The maximum Gasteiger partial charge on any atom is 0.205 e. The first-order valence-corrected chi connectivity index (χ1v) is 3.81. The van der Waals surface area contributed by atoms with E-state index in [1.165, 1.54) is 12.1 Å². The predicted molar refractivity (Wildman–Crippen MR) is 41.6 cm³/mol. The number of halogens is 4. The van der Waals surface area contributed by atoms with Crippen molar-refractivity contribution in [2.45, 2.75) is 13.1 Å². The van der Waals surface area contributed by atoms with Crippen molar-refractivity contribution in [3.63, 3.8) is 0 Å². The van der Waals surface area contributed by atoms with Crippen molar-refractivity contribution in [2.75, 3.05) is 0 Å². The van der Waals surface area contributed by atoms with E-state index < -0.39 is 34.6 Å². The molecule has 0 aliphatic heterocycles. The van der Waals surface area contributed by atoms with Gasteiger partial charge in [-0.3, -0.25) is 0 Å². The van der Waals surface area contributed by atoms with E-state index in [9.17, 15) is 17.6 Å². The lowest BCUT2D eigenvalue weighted by Crippen LogP contribution is -2.34. The Morgan fingerprint density at radius 1 is 1.13 bits per heavy atom. The standard InChI is InChI=1S/C9H4F4N2/c1-4-5(10)6(11)7(12)8(13)9(4,2-14)3-15/h8H,1H3. The van der Waals surface area contributed by atoms with Crippen LogP contribution in [0.1, 0.15) is 6.92 Å². The van der Waals surface area contributed by atoms with Gasteiger partial charge in [0.2, 0.25) is 5.41 Å².